The minimum Gasteiger partial charge on any atom is -0.463 e. The van der Waals surface area contributed by atoms with Gasteiger partial charge in [0.1, 0.15) is 18.8 Å². The van der Waals surface area contributed by atoms with Crippen molar-refractivity contribution < 1.29 is 38.1 Å². The molecule has 0 aromatic heterocycles. The summed E-state index contributed by atoms with van der Waals surface area (Å²) in [4.78, 5) is 33.9. The lowest BCUT2D eigenvalue weighted by Gasteiger charge is -2.23. The zero-order valence-electron chi connectivity index (χ0n) is 14.9. The van der Waals surface area contributed by atoms with Crippen molar-refractivity contribution >= 4 is 17.9 Å². The highest BCUT2D eigenvalue weighted by molar-refractivity contribution is 5.67. The first-order valence-electron chi connectivity index (χ1n) is 8.15. The zero-order chi connectivity index (χ0) is 19.1. The Morgan fingerprint density at radius 3 is 2.15 bits per heavy atom. The van der Waals surface area contributed by atoms with E-state index in [0.29, 0.717) is 0 Å². The van der Waals surface area contributed by atoms with E-state index < -0.39 is 42.5 Å². The fourth-order valence-corrected chi connectivity index (χ4v) is 2.57. The normalized spacial score (nSPS) is 24.7. The molecule has 4 atom stereocenters. The van der Waals surface area contributed by atoms with Crippen LogP contribution in [0.4, 0.5) is 0 Å². The summed E-state index contributed by atoms with van der Waals surface area (Å²) in [5.41, 5.74) is 0.899. The van der Waals surface area contributed by atoms with Gasteiger partial charge >= 0.3 is 17.9 Å². The Morgan fingerprint density at radius 1 is 0.923 bits per heavy atom. The molecule has 0 N–H and O–H groups in total. The topological polar surface area (TPSA) is 97.4 Å². The van der Waals surface area contributed by atoms with Crippen LogP contribution >= 0.6 is 0 Å². The van der Waals surface area contributed by atoms with Gasteiger partial charge in [0.25, 0.3) is 0 Å². The molecule has 1 aromatic carbocycles. The van der Waals surface area contributed by atoms with Crippen molar-refractivity contribution in [2.24, 2.45) is 0 Å². The molecule has 0 spiro atoms. The van der Waals surface area contributed by atoms with Gasteiger partial charge in [0.2, 0.25) is 6.29 Å². The van der Waals surface area contributed by atoms with Crippen molar-refractivity contribution in [3.05, 3.63) is 35.9 Å². The highest BCUT2D eigenvalue weighted by Gasteiger charge is 2.50. The van der Waals surface area contributed by atoms with Gasteiger partial charge in [-0.2, -0.15) is 0 Å². The molecule has 8 nitrogen and oxygen atoms in total. The first kappa shape index (κ1) is 19.9. The van der Waals surface area contributed by atoms with Gasteiger partial charge < -0.3 is 23.7 Å². The van der Waals surface area contributed by atoms with Crippen molar-refractivity contribution in [2.75, 3.05) is 6.61 Å². The number of carbonyl (C=O) groups excluding carboxylic acids is 3. The number of hydrogen-bond donors (Lipinski definition) is 0. The minimum atomic E-state index is -1.14. The molecule has 26 heavy (non-hydrogen) atoms. The number of esters is 3. The largest absolute Gasteiger partial charge is 0.463 e. The second-order valence-corrected chi connectivity index (χ2v) is 5.79. The van der Waals surface area contributed by atoms with Crippen LogP contribution < -0.4 is 0 Å². The molecule has 1 heterocycles. The van der Waals surface area contributed by atoms with Crippen LogP contribution in [0.2, 0.25) is 0 Å². The molecule has 1 aliphatic rings. The summed E-state index contributed by atoms with van der Waals surface area (Å²) in [5, 5.41) is 0. The van der Waals surface area contributed by atoms with Crippen molar-refractivity contribution in [1.82, 2.24) is 0 Å². The standard InChI is InChI=1S/C18H22O8/c1-11(19)22-10-15-16(23-9-14-7-5-4-6-8-14)17(24-12(2)20)18(26-15)25-13(3)21/h4-8,15-18H,9-10H2,1-3H3/t15-,16-,17-,18+/m0/s1. The monoisotopic (exact) mass is 366 g/mol. The molecule has 0 bridgehead atoms. The fraction of sp³-hybridized carbons (Fsp3) is 0.500. The van der Waals surface area contributed by atoms with E-state index in [2.05, 4.69) is 0 Å². The summed E-state index contributed by atoms with van der Waals surface area (Å²) < 4.78 is 26.8. The Balaban J connectivity index is 2.15. The molecular formula is C18H22O8. The predicted molar refractivity (Wildman–Crippen MR) is 87.6 cm³/mol. The molecule has 0 radical (unpaired) electrons. The lowest BCUT2D eigenvalue weighted by atomic mass is 10.1. The molecule has 0 amide bonds. The van der Waals surface area contributed by atoms with Gasteiger partial charge in [-0.05, 0) is 5.56 Å². The van der Waals surface area contributed by atoms with Crippen LogP contribution in [0.5, 0.6) is 0 Å². The number of carbonyl (C=O) groups is 3. The SMILES string of the molecule is CC(=O)OC[C@@H]1O[C@@H](OC(C)=O)[C@@H](OC(C)=O)[C@H]1OCc1ccccc1. The summed E-state index contributed by atoms with van der Waals surface area (Å²) >= 11 is 0. The summed E-state index contributed by atoms with van der Waals surface area (Å²) in [6.45, 7) is 3.81. The van der Waals surface area contributed by atoms with Gasteiger partial charge in [0, 0.05) is 20.8 Å². The Bertz CT molecular complexity index is 629. The maximum Gasteiger partial charge on any atom is 0.305 e. The molecule has 142 valence electrons. The van der Waals surface area contributed by atoms with E-state index in [1.807, 2.05) is 30.3 Å². The Hall–Kier alpha value is -2.45. The first-order valence-corrected chi connectivity index (χ1v) is 8.15. The molecule has 2 rings (SSSR count). The quantitative estimate of drug-likeness (QED) is 0.527. The van der Waals surface area contributed by atoms with Crippen LogP contribution in [0.15, 0.2) is 30.3 Å². The lowest BCUT2D eigenvalue weighted by molar-refractivity contribution is -0.197. The zero-order valence-corrected chi connectivity index (χ0v) is 14.9. The van der Waals surface area contributed by atoms with Crippen molar-refractivity contribution in [3.8, 4) is 0 Å². The Kier molecular flexibility index (Phi) is 7.11. The van der Waals surface area contributed by atoms with Gasteiger partial charge in [-0.3, -0.25) is 14.4 Å². The predicted octanol–water partition coefficient (Wildman–Crippen LogP) is 1.35. The third-order valence-electron chi connectivity index (χ3n) is 3.59. The molecule has 1 aromatic rings. The maximum absolute atomic E-state index is 11.5. The van der Waals surface area contributed by atoms with E-state index in [9.17, 15) is 14.4 Å². The Morgan fingerprint density at radius 2 is 1.58 bits per heavy atom. The Labute approximate surface area is 151 Å². The molecule has 0 unspecified atom stereocenters. The summed E-state index contributed by atoms with van der Waals surface area (Å²) in [6.07, 6.45) is -3.64. The van der Waals surface area contributed by atoms with E-state index in [-0.39, 0.29) is 13.2 Å². The fourth-order valence-electron chi connectivity index (χ4n) is 2.57. The van der Waals surface area contributed by atoms with Crippen molar-refractivity contribution in [3.63, 3.8) is 0 Å². The number of rotatable bonds is 7. The molecule has 8 heteroatoms. The molecule has 1 aliphatic heterocycles. The van der Waals surface area contributed by atoms with Crippen LogP contribution in [-0.4, -0.2) is 49.1 Å². The first-order chi connectivity index (χ1) is 12.4. The molecule has 1 saturated heterocycles. The van der Waals surface area contributed by atoms with Gasteiger partial charge in [-0.1, -0.05) is 30.3 Å². The molecule has 0 saturated carbocycles. The smallest absolute Gasteiger partial charge is 0.305 e. The van der Waals surface area contributed by atoms with E-state index in [0.717, 1.165) is 5.56 Å². The van der Waals surface area contributed by atoms with Gasteiger partial charge in [0.15, 0.2) is 6.10 Å². The van der Waals surface area contributed by atoms with Crippen molar-refractivity contribution in [2.45, 2.75) is 52.0 Å². The minimum absolute atomic E-state index is 0.121. The number of ether oxygens (including phenoxy) is 5. The van der Waals surface area contributed by atoms with Crippen LogP contribution in [-0.2, 0) is 44.7 Å². The summed E-state index contributed by atoms with van der Waals surface area (Å²) in [6, 6.07) is 9.36. The summed E-state index contributed by atoms with van der Waals surface area (Å²) in [5.74, 6) is -1.66. The number of hydrogen-bond acceptors (Lipinski definition) is 8. The molecule has 1 fully saturated rings. The third-order valence-corrected chi connectivity index (χ3v) is 3.59. The number of benzene rings is 1. The van der Waals surface area contributed by atoms with Crippen LogP contribution in [0.1, 0.15) is 26.3 Å². The summed E-state index contributed by atoms with van der Waals surface area (Å²) in [7, 11) is 0. The van der Waals surface area contributed by atoms with E-state index in [4.69, 9.17) is 23.7 Å². The van der Waals surface area contributed by atoms with Crippen molar-refractivity contribution in [1.29, 1.82) is 0 Å². The average Bonchev–Trinajstić information content (AvgIpc) is 2.87. The van der Waals surface area contributed by atoms with E-state index in [1.165, 1.54) is 20.8 Å². The van der Waals surface area contributed by atoms with Gasteiger partial charge in [-0.25, -0.2) is 0 Å². The highest BCUT2D eigenvalue weighted by atomic mass is 16.7. The highest BCUT2D eigenvalue weighted by Crippen LogP contribution is 2.29. The lowest BCUT2D eigenvalue weighted by Crippen LogP contribution is -2.41. The average molecular weight is 366 g/mol. The van der Waals surface area contributed by atoms with E-state index in [1.54, 1.807) is 0 Å². The van der Waals surface area contributed by atoms with Crippen LogP contribution in [0, 0.1) is 0 Å². The second-order valence-electron chi connectivity index (χ2n) is 5.79. The van der Waals surface area contributed by atoms with Crippen LogP contribution in [0.25, 0.3) is 0 Å². The third kappa shape index (κ3) is 5.82. The molecule has 0 aliphatic carbocycles. The van der Waals surface area contributed by atoms with Crippen LogP contribution in [0.3, 0.4) is 0 Å². The second kappa shape index (κ2) is 9.30. The van der Waals surface area contributed by atoms with Gasteiger partial charge in [-0.15, -0.1) is 0 Å². The molecular weight excluding hydrogens is 344 g/mol. The van der Waals surface area contributed by atoms with Gasteiger partial charge in [0.05, 0.1) is 6.61 Å². The maximum atomic E-state index is 11.5. The van der Waals surface area contributed by atoms with E-state index >= 15 is 0 Å².